The number of rotatable bonds is 7. The van der Waals surface area contributed by atoms with E-state index in [2.05, 4.69) is 0 Å². The Hall–Kier alpha value is -2.07. The van der Waals surface area contributed by atoms with E-state index in [0.717, 1.165) is 11.1 Å². The van der Waals surface area contributed by atoms with Crippen LogP contribution < -0.4 is 0 Å². The summed E-state index contributed by atoms with van der Waals surface area (Å²) in [6.45, 7) is 1.77. The van der Waals surface area contributed by atoms with Crippen LogP contribution in [0.4, 0.5) is 0 Å². The third-order valence-electron chi connectivity index (χ3n) is 3.37. The van der Waals surface area contributed by atoms with Gasteiger partial charge in [-0.3, -0.25) is 9.59 Å². The molecule has 0 saturated heterocycles. The van der Waals surface area contributed by atoms with Crippen molar-refractivity contribution >= 4 is 22.8 Å². The maximum absolute atomic E-state index is 12.4. The van der Waals surface area contributed by atoms with Crippen LogP contribution in [0.5, 0.6) is 0 Å². The highest BCUT2D eigenvalue weighted by molar-refractivity contribution is 8.13. The van der Waals surface area contributed by atoms with E-state index in [1.807, 2.05) is 60.7 Å². The minimum absolute atomic E-state index is 0.0129. The SMILES string of the molecule is CC(=O)SCC(Cc1ccccc1)C(=O)OCc1ccccc1. The lowest BCUT2D eigenvalue weighted by atomic mass is 10.0. The van der Waals surface area contributed by atoms with E-state index in [1.165, 1.54) is 18.7 Å². The van der Waals surface area contributed by atoms with Gasteiger partial charge in [-0.15, -0.1) is 0 Å². The van der Waals surface area contributed by atoms with Crippen molar-refractivity contribution in [3.63, 3.8) is 0 Å². The zero-order chi connectivity index (χ0) is 16.5. The average molecular weight is 328 g/mol. The molecule has 120 valence electrons. The monoisotopic (exact) mass is 328 g/mol. The van der Waals surface area contributed by atoms with Gasteiger partial charge >= 0.3 is 5.97 Å². The van der Waals surface area contributed by atoms with Crippen LogP contribution in [0.1, 0.15) is 18.1 Å². The molecule has 0 bridgehead atoms. The molecule has 0 aromatic heterocycles. The normalized spacial score (nSPS) is 11.7. The predicted molar refractivity (Wildman–Crippen MR) is 93.0 cm³/mol. The Balaban J connectivity index is 1.97. The molecule has 0 spiro atoms. The van der Waals surface area contributed by atoms with Crippen molar-refractivity contribution in [2.75, 3.05) is 5.75 Å². The second kappa shape index (κ2) is 9.16. The molecule has 0 heterocycles. The lowest BCUT2D eigenvalue weighted by Gasteiger charge is -2.15. The summed E-state index contributed by atoms with van der Waals surface area (Å²) in [5.74, 6) is -0.140. The molecule has 0 aliphatic heterocycles. The Kier molecular flexibility index (Phi) is 6.88. The van der Waals surface area contributed by atoms with Gasteiger partial charge < -0.3 is 4.74 Å². The molecule has 2 aromatic rings. The van der Waals surface area contributed by atoms with Crippen molar-refractivity contribution in [3.05, 3.63) is 71.8 Å². The van der Waals surface area contributed by atoms with Crippen LogP contribution in [0.15, 0.2) is 60.7 Å². The fourth-order valence-corrected chi connectivity index (χ4v) is 2.86. The zero-order valence-corrected chi connectivity index (χ0v) is 13.9. The third-order valence-corrected chi connectivity index (χ3v) is 4.35. The number of ether oxygens (including phenoxy) is 1. The van der Waals surface area contributed by atoms with Gasteiger partial charge in [-0.1, -0.05) is 72.4 Å². The summed E-state index contributed by atoms with van der Waals surface area (Å²) in [5.41, 5.74) is 2.02. The first-order valence-electron chi connectivity index (χ1n) is 7.53. The Morgan fingerprint density at radius 3 is 2.09 bits per heavy atom. The predicted octanol–water partition coefficient (Wildman–Crippen LogP) is 3.87. The van der Waals surface area contributed by atoms with E-state index in [9.17, 15) is 9.59 Å². The van der Waals surface area contributed by atoms with Crippen molar-refractivity contribution in [1.82, 2.24) is 0 Å². The molecule has 0 aliphatic rings. The van der Waals surface area contributed by atoms with Crippen LogP contribution >= 0.6 is 11.8 Å². The van der Waals surface area contributed by atoms with Gasteiger partial charge in [0, 0.05) is 12.7 Å². The first-order valence-corrected chi connectivity index (χ1v) is 8.51. The van der Waals surface area contributed by atoms with E-state index in [-0.39, 0.29) is 23.6 Å². The van der Waals surface area contributed by atoms with Crippen molar-refractivity contribution in [2.24, 2.45) is 5.92 Å². The Morgan fingerprint density at radius 1 is 0.957 bits per heavy atom. The lowest BCUT2D eigenvalue weighted by molar-refractivity contribution is -0.149. The summed E-state index contributed by atoms with van der Waals surface area (Å²) >= 11 is 1.17. The molecular formula is C19H20O3S. The van der Waals surface area contributed by atoms with Gasteiger partial charge in [0.1, 0.15) is 6.61 Å². The highest BCUT2D eigenvalue weighted by Gasteiger charge is 2.21. The van der Waals surface area contributed by atoms with Gasteiger partial charge in [-0.25, -0.2) is 0 Å². The molecule has 0 aliphatic carbocycles. The molecule has 0 amide bonds. The van der Waals surface area contributed by atoms with Crippen molar-refractivity contribution in [3.8, 4) is 0 Å². The average Bonchev–Trinajstić information content (AvgIpc) is 2.58. The molecule has 4 heteroatoms. The van der Waals surface area contributed by atoms with Crippen LogP contribution in [0.25, 0.3) is 0 Å². The fourth-order valence-electron chi connectivity index (χ4n) is 2.17. The number of thioether (sulfide) groups is 1. The summed E-state index contributed by atoms with van der Waals surface area (Å²) < 4.78 is 5.43. The molecule has 1 unspecified atom stereocenters. The lowest BCUT2D eigenvalue weighted by Crippen LogP contribution is -2.23. The summed E-state index contributed by atoms with van der Waals surface area (Å²) in [7, 11) is 0. The highest BCUT2D eigenvalue weighted by Crippen LogP contribution is 2.18. The molecule has 0 fully saturated rings. The number of carbonyl (C=O) groups excluding carboxylic acids is 2. The van der Waals surface area contributed by atoms with E-state index >= 15 is 0 Å². The van der Waals surface area contributed by atoms with Crippen molar-refractivity contribution in [2.45, 2.75) is 20.0 Å². The maximum Gasteiger partial charge on any atom is 0.310 e. The molecule has 1 atom stereocenters. The van der Waals surface area contributed by atoms with Gasteiger partial charge in [-0.2, -0.15) is 0 Å². The number of hydrogen-bond donors (Lipinski definition) is 0. The van der Waals surface area contributed by atoms with E-state index in [0.29, 0.717) is 12.2 Å². The van der Waals surface area contributed by atoms with Crippen LogP contribution in [0, 0.1) is 5.92 Å². The van der Waals surface area contributed by atoms with Crippen molar-refractivity contribution in [1.29, 1.82) is 0 Å². The van der Waals surface area contributed by atoms with Crippen molar-refractivity contribution < 1.29 is 14.3 Å². The third kappa shape index (κ3) is 6.28. The summed E-state index contributed by atoms with van der Waals surface area (Å²) in [6.07, 6.45) is 0.578. The molecule has 2 rings (SSSR count). The minimum Gasteiger partial charge on any atom is -0.461 e. The molecule has 2 aromatic carbocycles. The molecular weight excluding hydrogens is 308 g/mol. The van der Waals surface area contributed by atoms with Gasteiger partial charge in [0.2, 0.25) is 0 Å². The Morgan fingerprint density at radius 2 is 1.52 bits per heavy atom. The quantitative estimate of drug-likeness (QED) is 0.724. The molecule has 0 saturated carbocycles. The van der Waals surface area contributed by atoms with Crippen LogP contribution in [0.2, 0.25) is 0 Å². The summed E-state index contributed by atoms with van der Waals surface area (Å²) in [5, 5.41) is 0.0129. The topological polar surface area (TPSA) is 43.4 Å². The maximum atomic E-state index is 12.4. The second-order valence-electron chi connectivity index (χ2n) is 5.28. The molecule has 23 heavy (non-hydrogen) atoms. The standard InChI is InChI=1S/C19H20O3S/c1-15(20)23-14-18(12-16-8-4-2-5-9-16)19(21)22-13-17-10-6-3-7-11-17/h2-11,18H,12-14H2,1H3. The summed E-state index contributed by atoms with van der Waals surface area (Å²) in [6, 6.07) is 19.4. The van der Waals surface area contributed by atoms with Gasteiger partial charge in [0.25, 0.3) is 0 Å². The minimum atomic E-state index is -0.324. The fraction of sp³-hybridized carbons (Fsp3) is 0.263. The Bertz CT molecular complexity index is 626. The van der Waals surface area contributed by atoms with E-state index in [4.69, 9.17) is 4.74 Å². The highest BCUT2D eigenvalue weighted by atomic mass is 32.2. The number of hydrogen-bond acceptors (Lipinski definition) is 4. The summed E-state index contributed by atoms with van der Waals surface area (Å²) in [4.78, 5) is 23.6. The number of benzene rings is 2. The zero-order valence-electron chi connectivity index (χ0n) is 13.1. The molecule has 0 radical (unpaired) electrons. The first kappa shape index (κ1) is 17.3. The van der Waals surface area contributed by atoms with Crippen LogP contribution in [-0.2, 0) is 27.4 Å². The second-order valence-corrected chi connectivity index (χ2v) is 6.48. The van der Waals surface area contributed by atoms with Crippen LogP contribution in [-0.4, -0.2) is 16.8 Å². The molecule has 0 N–H and O–H groups in total. The van der Waals surface area contributed by atoms with E-state index < -0.39 is 0 Å². The number of carbonyl (C=O) groups is 2. The Labute approximate surface area is 141 Å². The largest absolute Gasteiger partial charge is 0.461 e. The molecule has 3 nitrogen and oxygen atoms in total. The van der Waals surface area contributed by atoms with Gasteiger partial charge in [-0.05, 0) is 17.5 Å². The van der Waals surface area contributed by atoms with Gasteiger partial charge in [0.05, 0.1) is 5.92 Å². The van der Waals surface area contributed by atoms with Crippen LogP contribution in [0.3, 0.4) is 0 Å². The smallest absolute Gasteiger partial charge is 0.310 e. The van der Waals surface area contributed by atoms with E-state index in [1.54, 1.807) is 0 Å². The first-order chi connectivity index (χ1) is 11.1. The van der Waals surface area contributed by atoms with Gasteiger partial charge in [0.15, 0.2) is 5.12 Å². The number of esters is 1.